The molecule has 0 bridgehead atoms. The predicted molar refractivity (Wildman–Crippen MR) is 168 cm³/mol. The molecule has 0 aliphatic carbocycles. The minimum absolute atomic E-state index is 0.0829. The van der Waals surface area contributed by atoms with Crippen LogP contribution in [-0.4, -0.2) is 43.5 Å². The number of anilines is 1. The number of fused-ring (bicyclic) bond motifs is 2. The maximum atomic E-state index is 13.6. The maximum Gasteiger partial charge on any atom is 0.258 e. The van der Waals surface area contributed by atoms with Gasteiger partial charge >= 0.3 is 0 Å². The molecule has 2 heterocycles. The van der Waals surface area contributed by atoms with Gasteiger partial charge in [-0.1, -0.05) is 48.5 Å². The first-order valence-corrected chi connectivity index (χ1v) is 13.9. The molecule has 0 fully saturated rings. The number of aromatic hydroxyl groups is 2. The molecule has 1 aromatic heterocycles. The van der Waals surface area contributed by atoms with Crippen LogP contribution in [0.25, 0.3) is 33.9 Å². The third kappa shape index (κ3) is 5.31. The zero-order valence-corrected chi connectivity index (χ0v) is 24.1. The average molecular weight is 592 g/mol. The van der Waals surface area contributed by atoms with Gasteiger partial charge in [0.1, 0.15) is 28.2 Å². The summed E-state index contributed by atoms with van der Waals surface area (Å²) in [5, 5.41) is 20.9. The number of carbonyl (C=O) groups is 1. The van der Waals surface area contributed by atoms with Gasteiger partial charge in [0, 0.05) is 41.4 Å². The van der Waals surface area contributed by atoms with E-state index in [1.54, 1.807) is 29.2 Å². The molecule has 0 saturated carbocycles. The van der Waals surface area contributed by atoms with Gasteiger partial charge in [-0.15, -0.1) is 0 Å². The summed E-state index contributed by atoms with van der Waals surface area (Å²) in [6, 6.07) is 24.4. The number of carbonyl (C=O) groups excluding carboxylic acids is 1. The van der Waals surface area contributed by atoms with Gasteiger partial charge in [0.25, 0.3) is 5.91 Å². The van der Waals surface area contributed by atoms with Crippen LogP contribution in [-0.2, 0) is 4.79 Å². The third-order valence-electron chi connectivity index (χ3n) is 7.41. The summed E-state index contributed by atoms with van der Waals surface area (Å²) in [5.41, 5.74) is 3.30. The number of amides is 1. The lowest BCUT2D eigenvalue weighted by atomic mass is 10.0. The summed E-state index contributed by atoms with van der Waals surface area (Å²) in [5.74, 6) is 0.683. The van der Waals surface area contributed by atoms with Gasteiger partial charge in [0.15, 0.2) is 16.9 Å². The number of hydrogen-bond acceptors (Lipinski definition) is 8. The number of hydrogen-bond donors (Lipinski definition) is 2. The molecule has 1 amide bonds. The van der Waals surface area contributed by atoms with Crippen LogP contribution in [0.3, 0.4) is 0 Å². The van der Waals surface area contributed by atoms with E-state index < -0.39 is 0 Å². The van der Waals surface area contributed by atoms with E-state index in [1.165, 1.54) is 26.4 Å². The highest BCUT2D eigenvalue weighted by molar-refractivity contribution is 6.35. The lowest BCUT2D eigenvalue weighted by Gasteiger charge is -2.17. The van der Waals surface area contributed by atoms with Crippen molar-refractivity contribution in [2.75, 3.05) is 32.3 Å². The van der Waals surface area contributed by atoms with Crippen LogP contribution < -0.4 is 24.5 Å². The highest BCUT2D eigenvalue weighted by Crippen LogP contribution is 2.41. The van der Waals surface area contributed by atoms with E-state index >= 15 is 0 Å². The molecule has 44 heavy (non-hydrogen) atoms. The van der Waals surface area contributed by atoms with Crippen molar-refractivity contribution >= 4 is 34.2 Å². The molecule has 0 spiro atoms. The SMILES string of the molecule is COc1cc(/C=C2\C(=O)N(CCCOc3cc(O)c4c(=O)cc(-c5ccccc5)oc4c3)c3ccccc32)cc(OC)c1O. The second-order valence-corrected chi connectivity index (χ2v) is 10.2. The van der Waals surface area contributed by atoms with Gasteiger partial charge in [0.2, 0.25) is 5.75 Å². The maximum absolute atomic E-state index is 13.6. The zero-order valence-electron chi connectivity index (χ0n) is 24.1. The fourth-order valence-corrected chi connectivity index (χ4v) is 5.32. The highest BCUT2D eigenvalue weighted by atomic mass is 16.5. The van der Waals surface area contributed by atoms with Crippen molar-refractivity contribution in [1.29, 1.82) is 0 Å². The number of ether oxygens (including phenoxy) is 3. The summed E-state index contributed by atoms with van der Waals surface area (Å²) in [6.07, 6.45) is 2.23. The molecule has 0 saturated heterocycles. The van der Waals surface area contributed by atoms with Crippen molar-refractivity contribution in [3.63, 3.8) is 0 Å². The fourth-order valence-electron chi connectivity index (χ4n) is 5.32. The normalized spacial score (nSPS) is 13.4. The van der Waals surface area contributed by atoms with Crippen LogP contribution in [0.1, 0.15) is 17.5 Å². The topological polar surface area (TPSA) is 119 Å². The number of para-hydroxylation sites is 1. The Morgan fingerprint density at radius 2 is 1.57 bits per heavy atom. The minimum atomic E-state index is -0.353. The lowest BCUT2D eigenvalue weighted by molar-refractivity contribution is -0.113. The van der Waals surface area contributed by atoms with Gasteiger partial charge in [-0.3, -0.25) is 9.59 Å². The number of phenols is 2. The molecule has 4 aromatic carbocycles. The van der Waals surface area contributed by atoms with E-state index in [0.717, 1.165) is 16.8 Å². The van der Waals surface area contributed by atoms with E-state index in [9.17, 15) is 19.8 Å². The van der Waals surface area contributed by atoms with E-state index in [0.29, 0.717) is 35.6 Å². The first-order valence-electron chi connectivity index (χ1n) is 13.9. The molecule has 9 heteroatoms. The molecular weight excluding hydrogens is 562 g/mol. The monoisotopic (exact) mass is 591 g/mol. The largest absolute Gasteiger partial charge is 0.507 e. The number of rotatable bonds is 9. The number of nitrogens with zero attached hydrogens (tertiary/aromatic N) is 1. The molecule has 0 radical (unpaired) electrons. The number of methoxy groups -OCH3 is 2. The predicted octanol–water partition coefficient (Wildman–Crippen LogP) is 6.24. The van der Waals surface area contributed by atoms with Crippen molar-refractivity contribution in [3.05, 3.63) is 106 Å². The Hall–Kier alpha value is -5.70. The Labute approximate surface area is 252 Å². The van der Waals surface area contributed by atoms with Crippen molar-refractivity contribution in [2.45, 2.75) is 6.42 Å². The molecule has 1 aliphatic rings. The Balaban J connectivity index is 1.19. The quantitative estimate of drug-likeness (QED) is 0.153. The Bertz CT molecular complexity index is 1940. The fraction of sp³-hybridized carbons (Fsp3) is 0.143. The molecule has 0 unspecified atom stereocenters. The van der Waals surface area contributed by atoms with Crippen molar-refractivity contribution in [2.24, 2.45) is 0 Å². The van der Waals surface area contributed by atoms with Crippen LogP contribution in [0, 0.1) is 0 Å². The first-order chi connectivity index (χ1) is 21.4. The van der Waals surface area contributed by atoms with Crippen LogP contribution in [0.4, 0.5) is 5.69 Å². The van der Waals surface area contributed by atoms with E-state index in [4.69, 9.17) is 18.6 Å². The summed E-state index contributed by atoms with van der Waals surface area (Å²) in [7, 11) is 2.89. The summed E-state index contributed by atoms with van der Waals surface area (Å²) in [4.78, 5) is 28.0. The van der Waals surface area contributed by atoms with Gasteiger partial charge in [-0.2, -0.15) is 0 Å². The molecule has 1 aliphatic heterocycles. The molecule has 222 valence electrons. The van der Waals surface area contributed by atoms with Crippen LogP contribution >= 0.6 is 0 Å². The number of phenolic OH excluding ortho intramolecular Hbond substituents is 2. The van der Waals surface area contributed by atoms with E-state index in [1.807, 2.05) is 54.6 Å². The zero-order chi connectivity index (χ0) is 30.8. The molecular formula is C35H29NO8. The molecule has 2 N–H and O–H groups in total. The first kappa shape index (κ1) is 28.4. The molecule has 6 rings (SSSR count). The molecule has 5 aromatic rings. The second-order valence-electron chi connectivity index (χ2n) is 10.2. The van der Waals surface area contributed by atoms with Gasteiger partial charge in [0.05, 0.1) is 26.5 Å². The van der Waals surface area contributed by atoms with Crippen molar-refractivity contribution < 1.29 is 33.6 Å². The Kier molecular flexibility index (Phi) is 7.68. The summed E-state index contributed by atoms with van der Waals surface area (Å²) >= 11 is 0. The lowest BCUT2D eigenvalue weighted by Crippen LogP contribution is -2.28. The Morgan fingerprint density at radius 3 is 2.30 bits per heavy atom. The van der Waals surface area contributed by atoms with Gasteiger partial charge < -0.3 is 33.7 Å². The molecule has 0 atom stereocenters. The average Bonchev–Trinajstić information content (AvgIpc) is 3.29. The van der Waals surface area contributed by atoms with Gasteiger partial charge in [-0.05, 0) is 36.3 Å². The third-order valence-corrected chi connectivity index (χ3v) is 7.41. The van der Waals surface area contributed by atoms with Crippen LogP contribution in [0.5, 0.6) is 28.7 Å². The molecule has 9 nitrogen and oxygen atoms in total. The minimum Gasteiger partial charge on any atom is -0.507 e. The van der Waals surface area contributed by atoms with Crippen LogP contribution in [0.2, 0.25) is 0 Å². The van der Waals surface area contributed by atoms with E-state index in [2.05, 4.69) is 0 Å². The van der Waals surface area contributed by atoms with Crippen molar-refractivity contribution in [3.8, 4) is 40.1 Å². The summed E-state index contributed by atoms with van der Waals surface area (Å²) in [6.45, 7) is 0.618. The number of benzene rings is 4. The van der Waals surface area contributed by atoms with Gasteiger partial charge in [-0.25, -0.2) is 0 Å². The smallest absolute Gasteiger partial charge is 0.258 e. The van der Waals surface area contributed by atoms with E-state index in [-0.39, 0.29) is 51.9 Å². The summed E-state index contributed by atoms with van der Waals surface area (Å²) < 4.78 is 22.4. The van der Waals surface area contributed by atoms with Crippen LogP contribution in [0.15, 0.2) is 94.1 Å². The Morgan fingerprint density at radius 1 is 0.864 bits per heavy atom. The second kappa shape index (κ2) is 11.9. The highest BCUT2D eigenvalue weighted by Gasteiger charge is 2.31. The van der Waals surface area contributed by atoms with Crippen molar-refractivity contribution in [1.82, 2.24) is 0 Å². The standard InChI is InChI=1S/C35H29NO8/c1-41-31-16-21(17-32(42-2)34(31)39)15-25-24-11-6-7-12-26(24)36(35(25)40)13-8-14-43-23-18-27(37)33-28(38)20-29(44-30(33)19-23)22-9-4-3-5-10-22/h3-7,9-12,15-20,37,39H,8,13-14H2,1-2H3/b25-15-.